The number of nitrogens with zero attached hydrogens (tertiary/aromatic N) is 1. The summed E-state index contributed by atoms with van der Waals surface area (Å²) in [6.07, 6.45) is 0. The topological polar surface area (TPSA) is 82.0 Å². The minimum Gasteiger partial charge on any atom is -0.320 e. The number of amides is 2. The molecule has 0 bridgehead atoms. The van der Waals surface area contributed by atoms with Gasteiger partial charge in [-0.3, -0.25) is 9.59 Å². The van der Waals surface area contributed by atoms with Crippen molar-refractivity contribution < 1.29 is 9.59 Å². The summed E-state index contributed by atoms with van der Waals surface area (Å²) in [4.78, 5) is 25.2. The van der Waals surface area contributed by atoms with E-state index < -0.39 is 0 Å². The number of rotatable bonds is 5. The van der Waals surface area contributed by atoms with Gasteiger partial charge in [0.05, 0.1) is 23.0 Å². The van der Waals surface area contributed by atoms with Gasteiger partial charge < -0.3 is 10.6 Å². The molecule has 0 spiro atoms. The molecule has 5 nitrogen and oxygen atoms in total. The van der Waals surface area contributed by atoms with Crippen molar-refractivity contribution in [3.63, 3.8) is 0 Å². The SMILES string of the molecule is CC(C)c1ccc(C(=O)Nc2ccccc2NC(=O)c2cccc(C#N)c2)cc1. The van der Waals surface area contributed by atoms with Crippen LogP contribution in [0.5, 0.6) is 0 Å². The highest BCUT2D eigenvalue weighted by molar-refractivity contribution is 6.10. The molecule has 3 rings (SSSR count). The number of hydrogen-bond acceptors (Lipinski definition) is 3. The lowest BCUT2D eigenvalue weighted by Gasteiger charge is -2.13. The summed E-state index contributed by atoms with van der Waals surface area (Å²) in [5, 5.41) is 14.6. The summed E-state index contributed by atoms with van der Waals surface area (Å²) in [6, 6.07) is 22.9. The first kappa shape index (κ1) is 19.8. The van der Waals surface area contributed by atoms with Crippen LogP contribution in [0.2, 0.25) is 0 Å². The van der Waals surface area contributed by atoms with Crippen LogP contribution < -0.4 is 10.6 Å². The highest BCUT2D eigenvalue weighted by Gasteiger charge is 2.13. The molecule has 144 valence electrons. The molecule has 0 radical (unpaired) electrons. The average molecular weight is 383 g/mol. The number of hydrogen-bond donors (Lipinski definition) is 2. The molecule has 3 aromatic carbocycles. The van der Waals surface area contributed by atoms with Crippen LogP contribution in [0.1, 0.15) is 51.6 Å². The van der Waals surface area contributed by atoms with Gasteiger partial charge in [-0.1, -0.05) is 44.2 Å². The van der Waals surface area contributed by atoms with Gasteiger partial charge in [0.2, 0.25) is 0 Å². The van der Waals surface area contributed by atoms with Gasteiger partial charge in [0.15, 0.2) is 0 Å². The smallest absolute Gasteiger partial charge is 0.255 e. The average Bonchev–Trinajstić information content (AvgIpc) is 2.75. The van der Waals surface area contributed by atoms with Crippen LogP contribution in [-0.2, 0) is 0 Å². The lowest BCUT2D eigenvalue weighted by Crippen LogP contribution is -2.17. The molecule has 5 heteroatoms. The molecule has 0 saturated heterocycles. The summed E-state index contributed by atoms with van der Waals surface area (Å²) >= 11 is 0. The fourth-order valence-electron chi connectivity index (χ4n) is 2.84. The van der Waals surface area contributed by atoms with Crippen LogP contribution in [-0.4, -0.2) is 11.8 Å². The van der Waals surface area contributed by atoms with Gasteiger partial charge in [0, 0.05) is 11.1 Å². The Hall–Kier alpha value is -3.91. The van der Waals surface area contributed by atoms with Crippen LogP contribution in [0, 0.1) is 11.3 Å². The van der Waals surface area contributed by atoms with E-state index in [9.17, 15) is 9.59 Å². The first-order valence-corrected chi connectivity index (χ1v) is 9.30. The maximum atomic E-state index is 12.6. The Bertz CT molecular complexity index is 1080. The van der Waals surface area contributed by atoms with Crippen molar-refractivity contribution >= 4 is 23.2 Å². The maximum Gasteiger partial charge on any atom is 0.255 e. The van der Waals surface area contributed by atoms with Crippen LogP contribution in [0.25, 0.3) is 0 Å². The number of para-hydroxylation sites is 2. The third-order valence-corrected chi connectivity index (χ3v) is 4.52. The van der Waals surface area contributed by atoms with Crippen molar-refractivity contribution in [1.82, 2.24) is 0 Å². The lowest BCUT2D eigenvalue weighted by molar-refractivity contribution is 0.101. The van der Waals surface area contributed by atoms with Crippen LogP contribution in [0.3, 0.4) is 0 Å². The van der Waals surface area contributed by atoms with E-state index in [2.05, 4.69) is 24.5 Å². The molecule has 0 aromatic heterocycles. The van der Waals surface area contributed by atoms with E-state index >= 15 is 0 Å². The van der Waals surface area contributed by atoms with Gasteiger partial charge in [-0.15, -0.1) is 0 Å². The molecular formula is C24H21N3O2. The predicted octanol–water partition coefficient (Wildman–Crippen LogP) is 5.19. The molecule has 0 saturated carbocycles. The fraction of sp³-hybridized carbons (Fsp3) is 0.125. The normalized spacial score (nSPS) is 10.3. The number of carbonyl (C=O) groups excluding carboxylic acids is 2. The van der Waals surface area contributed by atoms with Crippen molar-refractivity contribution in [1.29, 1.82) is 5.26 Å². The second kappa shape index (κ2) is 8.85. The van der Waals surface area contributed by atoms with Crippen molar-refractivity contribution in [2.45, 2.75) is 19.8 Å². The summed E-state index contributed by atoms with van der Waals surface area (Å²) in [5.41, 5.74) is 3.45. The van der Waals surface area contributed by atoms with E-state index in [1.807, 2.05) is 18.2 Å². The first-order valence-electron chi connectivity index (χ1n) is 9.30. The quantitative estimate of drug-likeness (QED) is 0.636. The van der Waals surface area contributed by atoms with Gasteiger partial charge in [-0.2, -0.15) is 5.26 Å². The summed E-state index contributed by atoms with van der Waals surface area (Å²) in [5.74, 6) is -0.221. The Morgan fingerprint density at radius 3 is 1.93 bits per heavy atom. The number of carbonyl (C=O) groups is 2. The molecule has 3 aromatic rings. The van der Waals surface area contributed by atoms with Crippen LogP contribution in [0.4, 0.5) is 11.4 Å². The van der Waals surface area contributed by atoms with E-state index in [1.54, 1.807) is 54.6 Å². The third kappa shape index (κ3) is 4.88. The van der Waals surface area contributed by atoms with Gasteiger partial charge >= 0.3 is 0 Å². The van der Waals surface area contributed by atoms with E-state index in [0.29, 0.717) is 34.0 Å². The molecule has 0 aliphatic carbocycles. The standard InChI is InChI=1S/C24H21N3O2/c1-16(2)18-10-12-19(13-11-18)23(28)26-21-8-3-4-9-22(21)27-24(29)20-7-5-6-17(14-20)15-25/h3-14,16H,1-2H3,(H,26,28)(H,27,29). The van der Waals surface area contributed by atoms with Crippen LogP contribution in [0.15, 0.2) is 72.8 Å². The third-order valence-electron chi connectivity index (χ3n) is 4.52. The second-order valence-corrected chi connectivity index (χ2v) is 6.92. The molecule has 29 heavy (non-hydrogen) atoms. The molecule has 0 unspecified atom stereocenters. The molecule has 2 N–H and O–H groups in total. The van der Waals surface area contributed by atoms with Crippen molar-refractivity contribution in [3.8, 4) is 6.07 Å². The van der Waals surface area contributed by atoms with Crippen molar-refractivity contribution in [3.05, 3.63) is 95.1 Å². The fourth-order valence-corrected chi connectivity index (χ4v) is 2.84. The van der Waals surface area contributed by atoms with E-state index in [0.717, 1.165) is 5.56 Å². The second-order valence-electron chi connectivity index (χ2n) is 6.92. The van der Waals surface area contributed by atoms with E-state index in [1.165, 1.54) is 6.07 Å². The molecule has 0 heterocycles. The van der Waals surface area contributed by atoms with Crippen molar-refractivity contribution in [2.24, 2.45) is 0 Å². The largest absolute Gasteiger partial charge is 0.320 e. The zero-order valence-electron chi connectivity index (χ0n) is 16.3. The van der Waals surface area contributed by atoms with Gasteiger partial charge in [-0.05, 0) is 53.9 Å². The van der Waals surface area contributed by atoms with E-state index in [4.69, 9.17) is 5.26 Å². The number of anilines is 2. The monoisotopic (exact) mass is 383 g/mol. The number of benzene rings is 3. The molecule has 0 atom stereocenters. The van der Waals surface area contributed by atoms with Crippen molar-refractivity contribution in [2.75, 3.05) is 10.6 Å². The zero-order chi connectivity index (χ0) is 20.8. The van der Waals surface area contributed by atoms with Crippen LogP contribution >= 0.6 is 0 Å². The summed E-state index contributed by atoms with van der Waals surface area (Å²) in [6.45, 7) is 4.20. The molecule has 2 amide bonds. The molecular weight excluding hydrogens is 362 g/mol. The Kier molecular flexibility index (Phi) is 6.06. The Morgan fingerprint density at radius 2 is 1.38 bits per heavy atom. The lowest BCUT2D eigenvalue weighted by atomic mass is 10.0. The minimum atomic E-state index is -0.356. The minimum absolute atomic E-state index is 0.256. The molecule has 0 aliphatic heterocycles. The first-order chi connectivity index (χ1) is 14.0. The summed E-state index contributed by atoms with van der Waals surface area (Å²) in [7, 11) is 0. The van der Waals surface area contributed by atoms with Gasteiger partial charge in [0.25, 0.3) is 11.8 Å². The Labute approximate surface area is 170 Å². The van der Waals surface area contributed by atoms with Gasteiger partial charge in [-0.25, -0.2) is 0 Å². The number of nitrogens with one attached hydrogen (secondary N) is 2. The Balaban J connectivity index is 1.77. The van der Waals surface area contributed by atoms with E-state index in [-0.39, 0.29) is 11.8 Å². The highest BCUT2D eigenvalue weighted by Crippen LogP contribution is 2.23. The number of nitriles is 1. The predicted molar refractivity (Wildman–Crippen MR) is 114 cm³/mol. The Morgan fingerprint density at radius 1 is 0.793 bits per heavy atom. The summed E-state index contributed by atoms with van der Waals surface area (Å²) < 4.78 is 0. The zero-order valence-corrected chi connectivity index (χ0v) is 16.3. The van der Waals surface area contributed by atoms with Gasteiger partial charge in [0.1, 0.15) is 0 Å². The maximum absolute atomic E-state index is 12.6. The highest BCUT2D eigenvalue weighted by atomic mass is 16.2. The molecule has 0 fully saturated rings. The molecule has 0 aliphatic rings.